The number of carbonyl (C=O) groups is 2. The molecule has 48 heavy (non-hydrogen) atoms. The fourth-order valence-corrected chi connectivity index (χ4v) is 5.77. The van der Waals surface area contributed by atoms with E-state index in [0.29, 0.717) is 6.42 Å². The van der Waals surface area contributed by atoms with Crippen molar-refractivity contribution < 1.29 is 37.6 Å². The van der Waals surface area contributed by atoms with E-state index in [1.54, 1.807) is 0 Å². The van der Waals surface area contributed by atoms with Crippen molar-refractivity contribution in [3.8, 4) is 0 Å². The van der Waals surface area contributed by atoms with Gasteiger partial charge >= 0.3 is 19.8 Å². The van der Waals surface area contributed by atoms with Gasteiger partial charge in [0.15, 0.2) is 6.10 Å². The summed E-state index contributed by atoms with van der Waals surface area (Å²) < 4.78 is 32.6. The summed E-state index contributed by atoms with van der Waals surface area (Å²) in [4.78, 5) is 34.7. The first-order valence-corrected chi connectivity index (χ1v) is 20.5. The van der Waals surface area contributed by atoms with Crippen LogP contribution in [-0.4, -0.2) is 49.3 Å². The van der Waals surface area contributed by atoms with E-state index < -0.39 is 26.5 Å². The monoisotopic (exact) mass is 699 g/mol. The number of hydrogen-bond donors (Lipinski definition) is 2. The van der Waals surface area contributed by atoms with Crippen molar-refractivity contribution in [1.29, 1.82) is 0 Å². The predicted octanol–water partition coefficient (Wildman–Crippen LogP) is 10.2. The van der Waals surface area contributed by atoms with Gasteiger partial charge < -0.3 is 20.1 Å². The highest BCUT2D eigenvalue weighted by Crippen LogP contribution is 2.43. The van der Waals surface area contributed by atoms with Gasteiger partial charge in [-0.3, -0.25) is 18.6 Å². The maximum absolute atomic E-state index is 12.5. The predicted molar refractivity (Wildman–Crippen MR) is 197 cm³/mol. The van der Waals surface area contributed by atoms with Crippen molar-refractivity contribution in [2.75, 3.05) is 26.4 Å². The zero-order valence-electron chi connectivity index (χ0n) is 30.5. The van der Waals surface area contributed by atoms with E-state index >= 15 is 0 Å². The number of phosphoric acid groups is 1. The molecule has 2 unspecified atom stereocenters. The molecular formula is C38H70NO8P. The van der Waals surface area contributed by atoms with Gasteiger partial charge in [-0.05, 0) is 44.9 Å². The molecule has 0 bridgehead atoms. The number of hydrogen-bond acceptors (Lipinski definition) is 8. The van der Waals surface area contributed by atoms with Gasteiger partial charge in [0.05, 0.1) is 13.2 Å². The maximum Gasteiger partial charge on any atom is 0.472 e. The van der Waals surface area contributed by atoms with Gasteiger partial charge in [0, 0.05) is 19.4 Å². The normalized spacial score (nSPS) is 13.8. The number of esters is 2. The molecule has 10 heteroatoms. The van der Waals surface area contributed by atoms with E-state index in [-0.39, 0.29) is 38.6 Å². The van der Waals surface area contributed by atoms with Crippen molar-refractivity contribution in [2.45, 2.75) is 168 Å². The molecule has 3 N–H and O–H groups in total. The highest BCUT2D eigenvalue weighted by molar-refractivity contribution is 7.47. The van der Waals surface area contributed by atoms with Crippen molar-refractivity contribution in [3.05, 3.63) is 36.5 Å². The lowest BCUT2D eigenvalue weighted by Gasteiger charge is -2.19. The quantitative estimate of drug-likeness (QED) is 0.0287. The SMILES string of the molecule is CC/C=C\C/C=C\C/C=C\CCCCCCCC(=O)OC(COC(=O)CCCCCCCCCCCCCC)COP(=O)(O)OCCN. The highest BCUT2D eigenvalue weighted by atomic mass is 31.2. The number of carbonyl (C=O) groups excluding carboxylic acids is 2. The summed E-state index contributed by atoms with van der Waals surface area (Å²) in [7, 11) is -4.37. The van der Waals surface area contributed by atoms with Crippen LogP contribution in [0.1, 0.15) is 162 Å². The number of unbranched alkanes of at least 4 members (excludes halogenated alkanes) is 16. The molecule has 0 aromatic heterocycles. The summed E-state index contributed by atoms with van der Waals surface area (Å²) in [6, 6.07) is 0. The minimum Gasteiger partial charge on any atom is -0.462 e. The van der Waals surface area contributed by atoms with Crippen molar-refractivity contribution in [2.24, 2.45) is 5.73 Å². The molecule has 0 saturated heterocycles. The lowest BCUT2D eigenvalue weighted by atomic mass is 10.0. The Bertz CT molecular complexity index is 892. The zero-order chi connectivity index (χ0) is 35.4. The molecular weight excluding hydrogens is 629 g/mol. The average Bonchev–Trinajstić information content (AvgIpc) is 3.07. The van der Waals surface area contributed by atoms with Gasteiger partial charge in [-0.2, -0.15) is 0 Å². The van der Waals surface area contributed by atoms with Crippen LogP contribution in [0.4, 0.5) is 0 Å². The van der Waals surface area contributed by atoms with E-state index in [0.717, 1.165) is 70.6 Å². The van der Waals surface area contributed by atoms with E-state index in [1.807, 2.05) is 0 Å². The molecule has 0 saturated carbocycles. The Morgan fingerprint density at radius 3 is 1.71 bits per heavy atom. The summed E-state index contributed by atoms with van der Waals surface area (Å²) >= 11 is 0. The van der Waals surface area contributed by atoms with E-state index in [9.17, 15) is 19.0 Å². The van der Waals surface area contributed by atoms with E-state index in [4.69, 9.17) is 24.3 Å². The molecule has 0 fully saturated rings. The van der Waals surface area contributed by atoms with Gasteiger partial charge in [-0.15, -0.1) is 0 Å². The molecule has 2 atom stereocenters. The number of rotatable bonds is 35. The standard InChI is InChI=1S/C38H70NO8P/c1-3-5-7-9-11-13-15-17-18-19-21-23-25-27-29-31-38(41)47-36(35-46-48(42,43)45-33-32-39)34-44-37(40)30-28-26-24-22-20-16-14-12-10-8-6-4-2/h5,7,11,13,17-18,36H,3-4,6,8-10,12,14-16,19-35,39H2,1-2H3,(H,42,43)/b7-5-,13-11-,18-17-. The van der Waals surface area contributed by atoms with E-state index in [2.05, 4.69) is 50.3 Å². The summed E-state index contributed by atoms with van der Waals surface area (Å²) in [5.74, 6) is -0.849. The van der Waals surface area contributed by atoms with Crippen molar-refractivity contribution in [3.63, 3.8) is 0 Å². The third kappa shape index (κ3) is 34.1. The smallest absolute Gasteiger partial charge is 0.462 e. The third-order valence-corrected chi connectivity index (χ3v) is 8.77. The Balaban J connectivity index is 4.25. The van der Waals surface area contributed by atoms with Crippen LogP contribution in [0.25, 0.3) is 0 Å². The highest BCUT2D eigenvalue weighted by Gasteiger charge is 2.25. The number of ether oxygens (including phenoxy) is 2. The fourth-order valence-electron chi connectivity index (χ4n) is 5.00. The molecule has 9 nitrogen and oxygen atoms in total. The van der Waals surface area contributed by atoms with Gasteiger partial charge in [0.25, 0.3) is 0 Å². The van der Waals surface area contributed by atoms with Crippen LogP contribution in [-0.2, 0) is 32.7 Å². The molecule has 280 valence electrons. The van der Waals surface area contributed by atoms with Crippen LogP contribution in [0.15, 0.2) is 36.5 Å². The molecule has 0 aliphatic heterocycles. The summed E-state index contributed by atoms with van der Waals surface area (Å²) in [5.41, 5.74) is 5.33. The molecule has 0 radical (unpaired) electrons. The molecule has 0 rings (SSSR count). The number of allylic oxidation sites excluding steroid dienone is 6. The zero-order valence-corrected chi connectivity index (χ0v) is 31.4. The molecule has 0 aromatic rings. The van der Waals surface area contributed by atoms with Crippen LogP contribution in [0, 0.1) is 0 Å². The average molecular weight is 700 g/mol. The molecule has 0 aliphatic carbocycles. The van der Waals surface area contributed by atoms with Crippen LogP contribution in [0.2, 0.25) is 0 Å². The van der Waals surface area contributed by atoms with Crippen molar-refractivity contribution >= 4 is 19.8 Å². The maximum atomic E-state index is 12.5. The second-order valence-corrected chi connectivity index (χ2v) is 13.9. The number of phosphoric ester groups is 1. The molecule has 0 spiro atoms. The molecule has 0 heterocycles. The second-order valence-electron chi connectivity index (χ2n) is 12.4. The van der Waals surface area contributed by atoms with E-state index in [1.165, 1.54) is 57.8 Å². The molecule has 0 amide bonds. The lowest BCUT2D eigenvalue weighted by Crippen LogP contribution is -2.29. The topological polar surface area (TPSA) is 134 Å². The minimum atomic E-state index is -4.37. The number of nitrogens with two attached hydrogens (primary N) is 1. The first kappa shape index (κ1) is 46.2. The van der Waals surface area contributed by atoms with Crippen LogP contribution < -0.4 is 5.73 Å². The van der Waals surface area contributed by atoms with Gasteiger partial charge in [0.2, 0.25) is 0 Å². The third-order valence-electron chi connectivity index (χ3n) is 7.79. The van der Waals surface area contributed by atoms with Crippen LogP contribution in [0.5, 0.6) is 0 Å². The first-order valence-electron chi connectivity index (χ1n) is 19.0. The van der Waals surface area contributed by atoms with Gasteiger partial charge in [-0.1, -0.05) is 140 Å². The fraction of sp³-hybridized carbons (Fsp3) is 0.789. The Kier molecular flexibility index (Phi) is 33.8. The first-order chi connectivity index (χ1) is 23.3. The Labute approximate surface area is 293 Å². The second kappa shape index (κ2) is 35.1. The Morgan fingerprint density at radius 1 is 0.646 bits per heavy atom. The largest absolute Gasteiger partial charge is 0.472 e. The van der Waals surface area contributed by atoms with Gasteiger partial charge in [0.1, 0.15) is 6.61 Å². The summed E-state index contributed by atoms with van der Waals surface area (Å²) in [6.07, 6.45) is 36.0. The summed E-state index contributed by atoms with van der Waals surface area (Å²) in [6.45, 7) is 3.58. The van der Waals surface area contributed by atoms with Gasteiger partial charge in [-0.25, -0.2) is 4.57 Å². The lowest BCUT2D eigenvalue weighted by molar-refractivity contribution is -0.161. The molecule has 0 aromatic carbocycles. The minimum absolute atomic E-state index is 0.0504. The van der Waals surface area contributed by atoms with Crippen LogP contribution in [0.3, 0.4) is 0 Å². The summed E-state index contributed by atoms with van der Waals surface area (Å²) in [5, 5.41) is 0. The Hall–Kier alpha value is -1.77. The van der Waals surface area contributed by atoms with Crippen molar-refractivity contribution in [1.82, 2.24) is 0 Å². The van der Waals surface area contributed by atoms with Crippen LogP contribution >= 0.6 is 7.82 Å². The molecule has 0 aliphatic rings. The Morgan fingerprint density at radius 2 is 1.15 bits per heavy atom.